The molecule has 17 nitrogen and oxygen atoms in total. The van der Waals surface area contributed by atoms with E-state index in [0.29, 0.717) is 56.9 Å². The highest BCUT2D eigenvalue weighted by Crippen LogP contribution is 2.39. The number of nitrogens with zero attached hydrogens (tertiary/aromatic N) is 5. The van der Waals surface area contributed by atoms with E-state index < -0.39 is 77.8 Å². The maximum Gasteiger partial charge on any atom is 0.329 e. The van der Waals surface area contributed by atoms with E-state index in [9.17, 15) is 34.2 Å². The van der Waals surface area contributed by atoms with Gasteiger partial charge in [-0.15, -0.1) is 10.2 Å². The van der Waals surface area contributed by atoms with Crippen molar-refractivity contribution in [1.29, 1.82) is 0 Å². The van der Waals surface area contributed by atoms with Gasteiger partial charge in [-0.1, -0.05) is 71.1 Å². The first-order valence-corrected chi connectivity index (χ1v) is 25.0. The monoisotopic (exact) mass is 966 g/mol. The molecule has 1 amide bonds. The van der Waals surface area contributed by atoms with E-state index in [2.05, 4.69) is 15.4 Å². The van der Waals surface area contributed by atoms with Crippen molar-refractivity contribution < 1.29 is 57.9 Å². The second-order valence-corrected chi connectivity index (χ2v) is 20.3. The number of hydrogen-bond acceptors (Lipinski definition) is 15. The molecule has 15 atom stereocenters. The molecule has 1 aliphatic carbocycles. The number of piperidine rings is 1. The van der Waals surface area contributed by atoms with Crippen LogP contribution < -0.4 is 0 Å². The van der Waals surface area contributed by atoms with Crippen molar-refractivity contribution in [3.63, 3.8) is 0 Å². The van der Waals surface area contributed by atoms with Crippen molar-refractivity contribution in [2.45, 2.75) is 180 Å². The largest absolute Gasteiger partial charge is 0.460 e. The molecule has 0 spiro atoms. The van der Waals surface area contributed by atoms with Crippen LogP contribution in [0.15, 0.2) is 53.9 Å². The van der Waals surface area contributed by atoms with Crippen LogP contribution in [0.4, 0.5) is 0 Å². The van der Waals surface area contributed by atoms with Crippen LogP contribution in [0.25, 0.3) is 0 Å². The van der Waals surface area contributed by atoms with E-state index in [-0.39, 0.29) is 60.9 Å². The third kappa shape index (κ3) is 14.2. The number of aliphatic hydroxyl groups excluding tert-OH is 1. The van der Waals surface area contributed by atoms with Gasteiger partial charge < -0.3 is 38.8 Å². The predicted octanol–water partition coefficient (Wildman–Crippen LogP) is 6.05. The number of carbonyl (C=O) groups excluding carboxylic acids is 5. The molecule has 5 rings (SSSR count). The fourth-order valence-corrected chi connectivity index (χ4v) is 10.7. The molecule has 69 heavy (non-hydrogen) atoms. The van der Waals surface area contributed by atoms with E-state index in [1.807, 2.05) is 58.1 Å². The van der Waals surface area contributed by atoms with Gasteiger partial charge in [-0.05, 0) is 112 Å². The van der Waals surface area contributed by atoms with Gasteiger partial charge in [-0.25, -0.2) is 4.79 Å². The highest BCUT2D eigenvalue weighted by Gasteiger charge is 2.53. The minimum atomic E-state index is -2.43. The molecule has 1 saturated carbocycles. The Morgan fingerprint density at radius 3 is 2.32 bits per heavy atom. The lowest BCUT2D eigenvalue weighted by molar-refractivity contribution is -0.265. The Hall–Kier alpha value is -4.26. The number of carbonyl (C=O) groups is 5. The quantitative estimate of drug-likeness (QED) is 0.181. The number of aromatic nitrogens is 4. The molecule has 2 N–H and O–H groups in total. The summed E-state index contributed by atoms with van der Waals surface area (Å²) in [5.41, 5.74) is 1.27. The third-order valence-electron chi connectivity index (χ3n) is 15.1. The van der Waals surface area contributed by atoms with Gasteiger partial charge in [-0.2, -0.15) is 4.80 Å². The number of tetrazole rings is 1. The summed E-state index contributed by atoms with van der Waals surface area (Å²) in [6.45, 7) is 12.8. The first kappa shape index (κ1) is 55.7. The first-order valence-electron chi connectivity index (χ1n) is 25.0. The highest BCUT2D eigenvalue weighted by molar-refractivity contribution is 6.39. The summed E-state index contributed by atoms with van der Waals surface area (Å²) in [4.78, 5) is 73.9. The van der Waals surface area contributed by atoms with Crippen LogP contribution in [0, 0.1) is 35.5 Å². The molecule has 2 saturated heterocycles. The standard InChI is InChI=1S/C52H79N5O12/c1-31-16-12-11-13-17-32(2)43(65-8)28-39-21-19-37(7)52(64,69-39)49(61)50(62)56-23-15-14-18-41(56)51(63)68-44(34(4)26-38-20-22-40(45(27-38)66-9)57-54-30-53-55-57)29-42(58)33(3)25-36(6)47(60)48(67-10)46(59)35(5)24-31/h11-13,16-17,25,30-31,33-35,37-41,43-45,47-48,60,64H,14-15,18-24,26-29H2,1-10H3/b13-11+,16-12+,32-17+,36-25+/t31-,33-,34-,35?,37-,38+,39+,40+,41+,43+,44+,45-,47-,48?,52-/m1/s1. The predicted molar refractivity (Wildman–Crippen MR) is 256 cm³/mol. The number of fused-ring (bicyclic) bond motifs is 3. The summed E-state index contributed by atoms with van der Waals surface area (Å²) in [5.74, 6) is -7.94. The summed E-state index contributed by atoms with van der Waals surface area (Å²) in [7, 11) is 4.61. The van der Waals surface area contributed by atoms with Crippen LogP contribution in [-0.4, -0.2) is 141 Å². The SMILES string of the molecule is COC1C(=O)C(C)C[C@H](C)/C=C/C=C/C=C(\C)[C@@H](OC)C[C@@H]2CC[C@@H](C)[C@@](O)(O2)C(=O)C(=O)N2CCCC[C@H]2C(=O)O[C@H]([C@H](C)C[C@@H]2CC[C@H](n3ncnn3)[C@H](OC)C2)CC(=O)[C@H](C)/C=C(\C)[C@H]1O. The molecule has 0 radical (unpaired) electrons. The number of hydrogen-bond donors (Lipinski definition) is 2. The fraction of sp³-hybridized carbons (Fsp3) is 0.731. The summed E-state index contributed by atoms with van der Waals surface area (Å²) >= 11 is 0. The second kappa shape index (κ2) is 25.7. The molecule has 0 aromatic carbocycles. The third-order valence-corrected chi connectivity index (χ3v) is 15.1. The first-order chi connectivity index (χ1) is 32.8. The minimum absolute atomic E-state index is 0.0168. The van der Waals surface area contributed by atoms with E-state index in [1.54, 1.807) is 45.9 Å². The van der Waals surface area contributed by atoms with Gasteiger partial charge in [0, 0.05) is 58.5 Å². The Morgan fingerprint density at radius 1 is 0.884 bits per heavy atom. The van der Waals surface area contributed by atoms with Crippen molar-refractivity contribution in [3.05, 3.63) is 53.9 Å². The zero-order valence-electron chi connectivity index (χ0n) is 42.5. The smallest absolute Gasteiger partial charge is 0.329 e. The molecular formula is C52H79N5O12. The Morgan fingerprint density at radius 2 is 1.64 bits per heavy atom. The average molecular weight is 966 g/mol. The topological polar surface area (TPSA) is 219 Å². The number of allylic oxidation sites excluding steroid dienone is 6. The number of amides is 1. The molecule has 384 valence electrons. The van der Waals surface area contributed by atoms with Crippen molar-refractivity contribution in [2.75, 3.05) is 27.9 Å². The molecule has 2 unspecified atom stereocenters. The molecule has 3 aliphatic heterocycles. The second-order valence-electron chi connectivity index (χ2n) is 20.3. The number of rotatable bonds is 7. The molecule has 17 heteroatoms. The van der Waals surface area contributed by atoms with Crippen molar-refractivity contribution in [2.24, 2.45) is 35.5 Å². The van der Waals surface area contributed by atoms with E-state index in [0.717, 1.165) is 18.4 Å². The lowest BCUT2D eigenvalue weighted by Crippen LogP contribution is -2.61. The van der Waals surface area contributed by atoms with Crippen LogP contribution in [0.2, 0.25) is 0 Å². The van der Waals surface area contributed by atoms with Crippen molar-refractivity contribution >= 4 is 29.2 Å². The van der Waals surface area contributed by atoms with Crippen LogP contribution in [0.1, 0.15) is 132 Å². The van der Waals surface area contributed by atoms with E-state index >= 15 is 0 Å². The summed E-state index contributed by atoms with van der Waals surface area (Å²) in [5, 5.41) is 35.7. The normalized spacial score (nSPS) is 38.8. The average Bonchev–Trinajstić information content (AvgIpc) is 3.88. The van der Waals surface area contributed by atoms with E-state index in [1.165, 1.54) is 18.3 Å². The summed E-state index contributed by atoms with van der Waals surface area (Å²) in [6.07, 6.45) is 13.7. The Labute approximate surface area is 408 Å². The maximum atomic E-state index is 14.5. The Bertz CT molecular complexity index is 2020. The number of Topliss-reactive ketones (excluding diaryl/α,β-unsaturated/α-hetero) is 3. The van der Waals surface area contributed by atoms with Gasteiger partial charge in [0.05, 0.1) is 24.4 Å². The van der Waals surface area contributed by atoms with Crippen LogP contribution >= 0.6 is 0 Å². The van der Waals surface area contributed by atoms with Crippen molar-refractivity contribution in [1.82, 2.24) is 25.1 Å². The van der Waals surface area contributed by atoms with Gasteiger partial charge in [-0.3, -0.25) is 19.2 Å². The van der Waals surface area contributed by atoms with Crippen LogP contribution in [0.5, 0.6) is 0 Å². The van der Waals surface area contributed by atoms with E-state index in [4.69, 9.17) is 23.7 Å². The lowest BCUT2D eigenvalue weighted by Gasteiger charge is -2.42. The van der Waals surface area contributed by atoms with Crippen molar-refractivity contribution in [3.8, 4) is 0 Å². The number of methoxy groups -OCH3 is 3. The minimum Gasteiger partial charge on any atom is -0.460 e. The number of ether oxygens (including phenoxy) is 5. The molecule has 1 aromatic rings. The number of ketones is 3. The molecule has 1 aromatic heterocycles. The van der Waals surface area contributed by atoms with Crippen LogP contribution in [0.3, 0.4) is 0 Å². The molecule has 2 bridgehead atoms. The van der Waals surface area contributed by atoms with Gasteiger partial charge in [0.25, 0.3) is 11.7 Å². The fourth-order valence-electron chi connectivity index (χ4n) is 10.7. The molecular weight excluding hydrogens is 887 g/mol. The highest BCUT2D eigenvalue weighted by atomic mass is 16.6. The summed E-state index contributed by atoms with van der Waals surface area (Å²) < 4.78 is 29.9. The summed E-state index contributed by atoms with van der Waals surface area (Å²) in [6, 6.07) is -1.24. The molecule has 4 aliphatic rings. The van der Waals surface area contributed by atoms with Gasteiger partial charge in [0.2, 0.25) is 5.79 Å². The lowest BCUT2D eigenvalue weighted by atomic mass is 9.77. The molecule has 4 heterocycles. The number of esters is 1. The number of aliphatic hydroxyl groups is 2. The van der Waals surface area contributed by atoms with Gasteiger partial charge in [0.15, 0.2) is 12.1 Å². The Balaban J connectivity index is 1.46. The van der Waals surface area contributed by atoms with Gasteiger partial charge in [0.1, 0.15) is 30.1 Å². The zero-order chi connectivity index (χ0) is 50.6. The van der Waals surface area contributed by atoms with Gasteiger partial charge >= 0.3 is 5.97 Å². The van der Waals surface area contributed by atoms with Crippen LogP contribution in [-0.2, 0) is 47.7 Å². The Kier molecular flexibility index (Phi) is 20.8. The maximum absolute atomic E-state index is 14.5. The number of cyclic esters (lactones) is 1. The molecule has 3 fully saturated rings. The zero-order valence-corrected chi connectivity index (χ0v) is 42.5.